The molecule has 0 amide bonds. The molecule has 1 heterocycles. The fourth-order valence-corrected chi connectivity index (χ4v) is 2.87. The molecule has 2 rings (SSSR count). The summed E-state index contributed by atoms with van der Waals surface area (Å²) in [5.74, 6) is 0.107. The average molecular weight is 223 g/mol. The molecule has 0 spiro atoms. The Morgan fingerprint density at radius 1 is 1.47 bits per heavy atom. The zero-order chi connectivity index (χ0) is 11.1. The van der Waals surface area contributed by atoms with Crippen molar-refractivity contribution in [2.45, 2.75) is 5.92 Å². The lowest BCUT2D eigenvalue weighted by molar-refractivity contribution is 0.597. The van der Waals surface area contributed by atoms with Gasteiger partial charge in [-0.15, -0.1) is 6.58 Å². The third-order valence-corrected chi connectivity index (χ3v) is 3.80. The second kappa shape index (κ2) is 3.38. The molecule has 0 radical (unpaired) electrons. The summed E-state index contributed by atoms with van der Waals surface area (Å²) in [7, 11) is -3.17. The van der Waals surface area contributed by atoms with E-state index in [9.17, 15) is 8.42 Å². The minimum absolute atomic E-state index is 0.107. The van der Waals surface area contributed by atoms with Gasteiger partial charge in [-0.2, -0.15) is 0 Å². The van der Waals surface area contributed by atoms with E-state index >= 15 is 0 Å². The molecule has 1 aromatic carbocycles. The van der Waals surface area contributed by atoms with E-state index in [-0.39, 0.29) is 5.92 Å². The van der Waals surface area contributed by atoms with Crippen molar-refractivity contribution >= 4 is 15.7 Å². The predicted molar refractivity (Wildman–Crippen MR) is 61.6 cm³/mol. The van der Waals surface area contributed by atoms with Crippen LogP contribution in [0.4, 0.5) is 5.69 Å². The molecule has 1 aromatic rings. The molecule has 0 aromatic heterocycles. The lowest BCUT2D eigenvalue weighted by Crippen LogP contribution is -2.28. The average Bonchev–Trinajstić information content (AvgIpc) is 2.55. The van der Waals surface area contributed by atoms with Crippen molar-refractivity contribution in [3.05, 3.63) is 42.5 Å². The first-order valence-electron chi connectivity index (χ1n) is 4.73. The minimum Gasteiger partial charge on any atom is -0.269 e. The molecule has 0 fully saturated rings. The Morgan fingerprint density at radius 2 is 2.13 bits per heavy atom. The molecule has 1 aliphatic heterocycles. The zero-order valence-electron chi connectivity index (χ0n) is 8.55. The van der Waals surface area contributed by atoms with Crippen LogP contribution in [0.15, 0.2) is 36.9 Å². The number of hydrogen-bond acceptors (Lipinski definition) is 2. The molecule has 0 aliphatic carbocycles. The number of hydrogen-bond donors (Lipinski definition) is 0. The van der Waals surface area contributed by atoms with E-state index < -0.39 is 10.0 Å². The molecule has 15 heavy (non-hydrogen) atoms. The van der Waals surface area contributed by atoms with Gasteiger partial charge in [0, 0.05) is 12.5 Å². The Balaban J connectivity index is 2.56. The molecule has 1 unspecified atom stereocenters. The van der Waals surface area contributed by atoms with Crippen LogP contribution in [-0.4, -0.2) is 21.2 Å². The van der Waals surface area contributed by atoms with E-state index in [0.717, 1.165) is 11.3 Å². The second-order valence-corrected chi connectivity index (χ2v) is 5.60. The summed E-state index contributed by atoms with van der Waals surface area (Å²) in [4.78, 5) is 0. The van der Waals surface area contributed by atoms with Crippen LogP contribution in [0.2, 0.25) is 0 Å². The lowest BCUT2D eigenvalue weighted by atomic mass is 10.0. The van der Waals surface area contributed by atoms with Crippen molar-refractivity contribution < 1.29 is 8.42 Å². The van der Waals surface area contributed by atoms with Crippen LogP contribution in [0, 0.1) is 0 Å². The van der Waals surface area contributed by atoms with E-state index in [4.69, 9.17) is 0 Å². The summed E-state index contributed by atoms with van der Waals surface area (Å²) in [6.45, 7) is 4.21. The zero-order valence-corrected chi connectivity index (χ0v) is 9.37. The van der Waals surface area contributed by atoms with Crippen molar-refractivity contribution in [1.82, 2.24) is 0 Å². The number of anilines is 1. The molecule has 1 aliphatic rings. The van der Waals surface area contributed by atoms with Crippen molar-refractivity contribution in [3.8, 4) is 0 Å². The molecule has 0 saturated heterocycles. The first-order chi connectivity index (χ1) is 7.04. The molecular weight excluding hydrogens is 210 g/mol. The Morgan fingerprint density at radius 3 is 2.73 bits per heavy atom. The highest BCUT2D eigenvalue weighted by molar-refractivity contribution is 7.92. The summed E-state index contributed by atoms with van der Waals surface area (Å²) in [6, 6.07) is 7.55. The van der Waals surface area contributed by atoms with Gasteiger partial charge in [-0.1, -0.05) is 24.3 Å². The van der Waals surface area contributed by atoms with Gasteiger partial charge >= 0.3 is 0 Å². The lowest BCUT2D eigenvalue weighted by Gasteiger charge is -2.16. The molecular formula is C11H13NO2S. The van der Waals surface area contributed by atoms with Crippen LogP contribution in [0.1, 0.15) is 11.5 Å². The van der Waals surface area contributed by atoms with Crippen molar-refractivity contribution in [2.24, 2.45) is 0 Å². The van der Waals surface area contributed by atoms with Crippen molar-refractivity contribution in [2.75, 3.05) is 17.1 Å². The maximum atomic E-state index is 11.5. The predicted octanol–water partition coefficient (Wildman–Crippen LogP) is 1.74. The summed E-state index contributed by atoms with van der Waals surface area (Å²) in [6.07, 6.45) is 3.03. The Bertz CT molecular complexity index is 493. The summed E-state index contributed by atoms with van der Waals surface area (Å²) < 4.78 is 24.5. The summed E-state index contributed by atoms with van der Waals surface area (Å²) in [5.41, 5.74) is 1.82. The highest BCUT2D eigenvalue weighted by atomic mass is 32.2. The van der Waals surface area contributed by atoms with Gasteiger partial charge in [0.25, 0.3) is 0 Å². The first kappa shape index (κ1) is 10.2. The number of para-hydroxylation sites is 1. The van der Waals surface area contributed by atoms with Gasteiger partial charge < -0.3 is 0 Å². The van der Waals surface area contributed by atoms with E-state index in [0.29, 0.717) is 6.54 Å². The number of benzene rings is 1. The third kappa shape index (κ3) is 1.65. The first-order valence-corrected chi connectivity index (χ1v) is 6.58. The summed E-state index contributed by atoms with van der Waals surface area (Å²) in [5, 5.41) is 0. The Kier molecular flexibility index (Phi) is 2.31. The van der Waals surface area contributed by atoms with Crippen LogP contribution in [0.5, 0.6) is 0 Å². The maximum absolute atomic E-state index is 11.5. The number of fused-ring (bicyclic) bond motifs is 1. The van der Waals surface area contributed by atoms with Crippen LogP contribution >= 0.6 is 0 Å². The van der Waals surface area contributed by atoms with E-state index in [1.165, 1.54) is 10.6 Å². The molecule has 0 N–H and O–H groups in total. The Labute approximate surface area is 90.1 Å². The molecule has 1 atom stereocenters. The van der Waals surface area contributed by atoms with E-state index in [1.54, 1.807) is 6.08 Å². The van der Waals surface area contributed by atoms with Gasteiger partial charge in [0.05, 0.1) is 11.9 Å². The van der Waals surface area contributed by atoms with Gasteiger partial charge in [0.1, 0.15) is 0 Å². The van der Waals surface area contributed by atoms with E-state index in [2.05, 4.69) is 6.58 Å². The quantitative estimate of drug-likeness (QED) is 0.716. The fraction of sp³-hybridized carbons (Fsp3) is 0.273. The van der Waals surface area contributed by atoms with Gasteiger partial charge in [-0.05, 0) is 11.6 Å². The van der Waals surface area contributed by atoms with Crippen molar-refractivity contribution in [3.63, 3.8) is 0 Å². The maximum Gasteiger partial charge on any atom is 0.232 e. The van der Waals surface area contributed by atoms with Crippen LogP contribution in [0.3, 0.4) is 0 Å². The van der Waals surface area contributed by atoms with Gasteiger partial charge in [0.15, 0.2) is 0 Å². The molecule has 0 saturated carbocycles. The second-order valence-electron chi connectivity index (χ2n) is 3.70. The smallest absolute Gasteiger partial charge is 0.232 e. The number of nitrogens with zero attached hydrogens (tertiary/aromatic N) is 1. The fourth-order valence-electron chi connectivity index (χ4n) is 1.92. The van der Waals surface area contributed by atoms with Crippen LogP contribution in [-0.2, 0) is 10.0 Å². The Hall–Kier alpha value is -1.29. The van der Waals surface area contributed by atoms with Crippen LogP contribution in [0.25, 0.3) is 0 Å². The number of sulfonamides is 1. The largest absolute Gasteiger partial charge is 0.269 e. The highest BCUT2D eigenvalue weighted by Gasteiger charge is 2.31. The van der Waals surface area contributed by atoms with Crippen molar-refractivity contribution in [1.29, 1.82) is 0 Å². The standard InChI is InChI=1S/C11H13NO2S/c1-3-9-8-12(15(2,13)14)11-7-5-4-6-10(9)11/h3-7,9H,1,8H2,2H3. The third-order valence-electron chi connectivity index (χ3n) is 2.65. The molecule has 4 heteroatoms. The van der Waals surface area contributed by atoms with Gasteiger partial charge in [-0.3, -0.25) is 4.31 Å². The van der Waals surface area contributed by atoms with E-state index in [1.807, 2.05) is 24.3 Å². The highest BCUT2D eigenvalue weighted by Crippen LogP contribution is 2.37. The van der Waals surface area contributed by atoms with Crippen LogP contribution < -0.4 is 4.31 Å². The molecule has 0 bridgehead atoms. The van der Waals surface area contributed by atoms with Gasteiger partial charge in [0.2, 0.25) is 10.0 Å². The minimum atomic E-state index is -3.17. The molecule has 80 valence electrons. The van der Waals surface area contributed by atoms with Gasteiger partial charge in [-0.25, -0.2) is 8.42 Å². The summed E-state index contributed by atoms with van der Waals surface area (Å²) >= 11 is 0. The SMILES string of the molecule is C=CC1CN(S(C)(=O)=O)c2ccccc21. The topological polar surface area (TPSA) is 37.4 Å². The normalized spacial score (nSPS) is 20.1. The monoisotopic (exact) mass is 223 g/mol. The number of rotatable bonds is 2. The molecule has 3 nitrogen and oxygen atoms in total.